The van der Waals surface area contributed by atoms with Crippen LogP contribution >= 0.6 is 0 Å². The zero-order valence-corrected chi connectivity index (χ0v) is 24.2. The van der Waals surface area contributed by atoms with Gasteiger partial charge in [-0.3, -0.25) is 14.4 Å². The number of fused-ring (bicyclic) bond motifs is 3. The van der Waals surface area contributed by atoms with E-state index in [2.05, 4.69) is 5.32 Å². The van der Waals surface area contributed by atoms with E-state index in [-0.39, 0.29) is 36.3 Å². The molecule has 0 aliphatic heterocycles. The van der Waals surface area contributed by atoms with Crippen molar-refractivity contribution in [2.24, 2.45) is 23.5 Å². The molecule has 13 nitrogen and oxygen atoms in total. The van der Waals surface area contributed by atoms with Gasteiger partial charge in [-0.15, -0.1) is 0 Å². The monoisotopic (exact) mass is 576 g/mol. The summed E-state index contributed by atoms with van der Waals surface area (Å²) in [5.74, 6) is -7.67. The molecule has 3 unspecified atom stereocenters. The summed E-state index contributed by atoms with van der Waals surface area (Å²) in [5, 5.41) is 48.8. The smallest absolute Gasteiger partial charge is 0.230 e. The summed E-state index contributed by atoms with van der Waals surface area (Å²) in [5.41, 5.74) is 4.34. The molecule has 2 fully saturated rings. The zero-order valence-electron chi connectivity index (χ0n) is 24.2. The SMILES string of the molecule is COC(CNCc1cc(N(C)C)c2c(c1O)C(O)=C1C(=O)[C@@]3(O)C(=O)C(C(N)=O)C(O)C(N(C)C)[C@H]3C[C@H]1C2)OC. The normalized spacial score (nSPS) is 29.5. The van der Waals surface area contributed by atoms with Crippen LogP contribution in [0.1, 0.15) is 23.1 Å². The number of aromatic hydroxyl groups is 1. The number of amides is 1. The van der Waals surface area contributed by atoms with Gasteiger partial charge in [-0.2, -0.15) is 0 Å². The number of nitrogens with two attached hydrogens (primary N) is 1. The first-order valence-electron chi connectivity index (χ1n) is 13.4. The number of aliphatic hydroxyl groups excluding tert-OH is 2. The van der Waals surface area contributed by atoms with Crippen LogP contribution in [-0.2, 0) is 36.8 Å². The van der Waals surface area contributed by atoms with E-state index < -0.39 is 65.0 Å². The number of ketones is 2. The van der Waals surface area contributed by atoms with Crippen LogP contribution in [0.4, 0.5) is 5.69 Å². The summed E-state index contributed by atoms with van der Waals surface area (Å²) in [4.78, 5) is 43.1. The van der Waals surface area contributed by atoms with E-state index in [0.717, 1.165) is 0 Å². The van der Waals surface area contributed by atoms with Crippen molar-refractivity contribution in [3.63, 3.8) is 0 Å². The van der Waals surface area contributed by atoms with Crippen molar-refractivity contribution in [3.8, 4) is 5.75 Å². The third kappa shape index (κ3) is 4.80. The van der Waals surface area contributed by atoms with Crippen LogP contribution in [0, 0.1) is 17.8 Å². The Morgan fingerprint density at radius 1 is 1.20 bits per heavy atom. The highest BCUT2D eigenvalue weighted by molar-refractivity contribution is 6.25. The summed E-state index contributed by atoms with van der Waals surface area (Å²) < 4.78 is 10.4. The molecule has 7 N–H and O–H groups in total. The van der Waals surface area contributed by atoms with Gasteiger partial charge < -0.3 is 50.8 Å². The van der Waals surface area contributed by atoms with Crippen molar-refractivity contribution in [1.82, 2.24) is 10.2 Å². The Bertz CT molecular complexity index is 1280. The van der Waals surface area contributed by atoms with Gasteiger partial charge in [-0.05, 0) is 44.5 Å². The highest BCUT2D eigenvalue weighted by atomic mass is 16.7. The molecule has 41 heavy (non-hydrogen) atoms. The minimum Gasteiger partial charge on any atom is -0.507 e. The second-order valence-corrected chi connectivity index (χ2v) is 11.5. The standard InChI is InChI=1S/C28H40N4O9/c1-31(2)16-9-13(10-30-11-17(40-5)41-6)22(33)19-14(16)7-12-8-15-21(32(3)4)24(35)20(27(29)38)26(37)28(15,39)25(36)18(12)23(19)34/h9,12,15,17,20-21,24,30,33-35,39H,7-8,10-11H2,1-6H3,(H2,29,38)/t12-,15-,20?,21?,24?,28-/m1/s1. The van der Waals surface area contributed by atoms with Crippen LogP contribution in [0.3, 0.4) is 0 Å². The summed E-state index contributed by atoms with van der Waals surface area (Å²) in [7, 11) is 9.87. The third-order valence-corrected chi connectivity index (χ3v) is 8.78. The number of primary amides is 1. The highest BCUT2D eigenvalue weighted by Gasteiger charge is 2.67. The molecule has 1 aromatic carbocycles. The lowest BCUT2D eigenvalue weighted by atomic mass is 9.54. The highest BCUT2D eigenvalue weighted by Crippen LogP contribution is 2.53. The maximum atomic E-state index is 14.0. The lowest BCUT2D eigenvalue weighted by Crippen LogP contribution is -2.73. The minimum atomic E-state index is -2.69. The number of methoxy groups -OCH3 is 2. The first kappa shape index (κ1) is 30.9. The predicted octanol–water partition coefficient (Wildman–Crippen LogP) is -1.10. The van der Waals surface area contributed by atoms with Gasteiger partial charge in [0.15, 0.2) is 17.7 Å². The molecule has 226 valence electrons. The van der Waals surface area contributed by atoms with Crippen molar-refractivity contribution in [1.29, 1.82) is 0 Å². The Kier molecular flexibility index (Phi) is 8.52. The maximum absolute atomic E-state index is 14.0. The average molecular weight is 577 g/mol. The van der Waals surface area contributed by atoms with Gasteiger partial charge >= 0.3 is 0 Å². The molecule has 0 bridgehead atoms. The van der Waals surface area contributed by atoms with Crippen molar-refractivity contribution in [2.45, 2.75) is 43.4 Å². The van der Waals surface area contributed by atoms with E-state index in [9.17, 15) is 34.8 Å². The third-order valence-electron chi connectivity index (χ3n) is 8.78. The van der Waals surface area contributed by atoms with Gasteiger partial charge in [0.05, 0.1) is 11.7 Å². The molecule has 3 aliphatic rings. The fourth-order valence-electron chi connectivity index (χ4n) is 6.83. The number of anilines is 1. The summed E-state index contributed by atoms with van der Waals surface area (Å²) >= 11 is 0. The Morgan fingerprint density at radius 2 is 1.83 bits per heavy atom. The van der Waals surface area contributed by atoms with Gasteiger partial charge in [-0.25, -0.2) is 0 Å². The fraction of sp³-hybridized carbons (Fsp3) is 0.607. The number of carbonyl (C=O) groups is 3. The topological polar surface area (TPSA) is 195 Å². The van der Waals surface area contributed by atoms with E-state index in [1.165, 1.54) is 14.2 Å². The average Bonchev–Trinajstić information content (AvgIpc) is 2.89. The van der Waals surface area contributed by atoms with Gasteiger partial charge in [0.1, 0.15) is 17.4 Å². The molecule has 0 spiro atoms. The first-order chi connectivity index (χ1) is 19.2. The summed E-state index contributed by atoms with van der Waals surface area (Å²) in [6, 6.07) is 0.852. The number of likely N-dealkylation sites (N-methyl/N-ethyl adjacent to an activating group) is 1. The molecule has 4 rings (SSSR count). The number of Topliss-reactive ketones (excluding diaryl/α,β-unsaturated/α-hetero) is 2. The van der Waals surface area contributed by atoms with Crippen LogP contribution < -0.4 is 16.0 Å². The second-order valence-electron chi connectivity index (χ2n) is 11.5. The molecular formula is C28H40N4O9. The lowest BCUT2D eigenvalue weighted by molar-refractivity contribution is -0.184. The molecule has 2 saturated carbocycles. The molecular weight excluding hydrogens is 536 g/mol. The first-order valence-corrected chi connectivity index (χ1v) is 13.4. The Balaban J connectivity index is 1.84. The molecule has 0 saturated heterocycles. The molecule has 0 aromatic heterocycles. The zero-order chi connectivity index (χ0) is 30.5. The van der Waals surface area contributed by atoms with Crippen molar-refractivity contribution in [3.05, 3.63) is 28.3 Å². The Morgan fingerprint density at radius 3 is 2.37 bits per heavy atom. The minimum absolute atomic E-state index is 0.0450. The van der Waals surface area contributed by atoms with Gasteiger partial charge in [0.25, 0.3) is 0 Å². The Labute approximate surface area is 238 Å². The van der Waals surface area contributed by atoms with Gasteiger partial charge in [0, 0.05) is 70.2 Å². The van der Waals surface area contributed by atoms with E-state index in [1.54, 1.807) is 25.1 Å². The number of nitrogens with zero attached hydrogens (tertiary/aromatic N) is 2. The molecule has 0 radical (unpaired) electrons. The number of phenolic OH excluding ortho intramolecular Hbond substituents is 1. The maximum Gasteiger partial charge on any atom is 0.230 e. The number of hydrogen-bond donors (Lipinski definition) is 6. The van der Waals surface area contributed by atoms with Crippen LogP contribution in [0.5, 0.6) is 5.75 Å². The number of phenols is 1. The number of carbonyl (C=O) groups excluding carboxylic acids is 3. The van der Waals surface area contributed by atoms with Crippen LogP contribution in [0.2, 0.25) is 0 Å². The number of hydrogen-bond acceptors (Lipinski definition) is 12. The molecule has 3 aliphatic carbocycles. The molecule has 1 amide bonds. The van der Waals surface area contributed by atoms with Crippen LogP contribution in [-0.4, -0.2) is 116 Å². The van der Waals surface area contributed by atoms with Crippen molar-refractivity contribution < 1.29 is 44.3 Å². The largest absolute Gasteiger partial charge is 0.507 e. The van der Waals surface area contributed by atoms with Crippen molar-refractivity contribution in [2.75, 3.05) is 53.9 Å². The van der Waals surface area contributed by atoms with E-state index in [0.29, 0.717) is 23.4 Å². The molecule has 13 heteroatoms. The summed E-state index contributed by atoms with van der Waals surface area (Å²) in [6.45, 7) is 0.487. The lowest BCUT2D eigenvalue weighted by Gasteiger charge is -2.53. The van der Waals surface area contributed by atoms with Crippen LogP contribution in [0.25, 0.3) is 5.76 Å². The second kappa shape index (κ2) is 11.3. The van der Waals surface area contributed by atoms with E-state index >= 15 is 0 Å². The van der Waals surface area contributed by atoms with E-state index in [4.69, 9.17) is 15.2 Å². The molecule has 1 aromatic rings. The van der Waals surface area contributed by atoms with Crippen LogP contribution in [0.15, 0.2) is 11.6 Å². The fourth-order valence-corrected chi connectivity index (χ4v) is 6.83. The van der Waals surface area contributed by atoms with Crippen molar-refractivity contribution >= 4 is 28.9 Å². The number of nitrogens with one attached hydrogen (secondary N) is 1. The summed E-state index contributed by atoms with van der Waals surface area (Å²) in [6.07, 6.45) is -1.77. The molecule has 6 atom stereocenters. The van der Waals surface area contributed by atoms with Gasteiger partial charge in [-0.1, -0.05) is 0 Å². The quantitative estimate of drug-likeness (QED) is 0.154. The predicted molar refractivity (Wildman–Crippen MR) is 148 cm³/mol. The number of aliphatic hydroxyl groups is 3. The number of benzene rings is 1. The Hall–Kier alpha value is -3.07. The number of rotatable bonds is 9. The molecule has 0 heterocycles. The number of ether oxygens (including phenoxy) is 2. The van der Waals surface area contributed by atoms with Gasteiger partial charge in [0.2, 0.25) is 11.7 Å². The van der Waals surface area contributed by atoms with E-state index in [1.807, 2.05) is 19.0 Å².